The summed E-state index contributed by atoms with van der Waals surface area (Å²) in [5, 5.41) is 16.9. The minimum Gasteiger partial charge on any atom is -0.360 e. The molecule has 0 bridgehead atoms. The summed E-state index contributed by atoms with van der Waals surface area (Å²) in [6.07, 6.45) is 1.93. The Kier molecular flexibility index (Phi) is 2.95. The lowest BCUT2D eigenvalue weighted by Crippen LogP contribution is -2.00. The Hall–Kier alpha value is 0.660. The van der Waals surface area contributed by atoms with Crippen molar-refractivity contribution in [2.45, 2.75) is 5.62 Å². The maximum atomic E-state index is 8.46. The van der Waals surface area contributed by atoms with Gasteiger partial charge in [0.25, 0.3) is 0 Å². The summed E-state index contributed by atoms with van der Waals surface area (Å²) in [7, 11) is -0.965. The van der Waals surface area contributed by atoms with Gasteiger partial charge in [-0.05, 0) is 0 Å². The van der Waals surface area contributed by atoms with Crippen molar-refractivity contribution in [1.82, 2.24) is 0 Å². The molecule has 1 saturated heterocycles. The molecule has 1 fully saturated rings. The van der Waals surface area contributed by atoms with Crippen molar-refractivity contribution in [1.29, 1.82) is 0 Å². The van der Waals surface area contributed by atoms with Crippen molar-refractivity contribution >= 4 is 19.3 Å². The summed E-state index contributed by atoms with van der Waals surface area (Å²) >= 11 is 1.16. The predicted molar refractivity (Wildman–Crippen MR) is 44.3 cm³/mol. The first kappa shape index (κ1) is 8.75. The number of hydrogen-bond acceptors (Lipinski definition) is 4. The third-order valence-corrected chi connectivity index (χ3v) is 4.75. The maximum Gasteiger partial charge on any atom is 0.223 e. The third-order valence-electron chi connectivity index (χ3n) is 1.40. The fourth-order valence-corrected chi connectivity index (χ4v) is 3.80. The first-order chi connectivity index (χ1) is 4.62. The van der Waals surface area contributed by atoms with Gasteiger partial charge in [0, 0.05) is 5.75 Å². The van der Waals surface area contributed by atoms with Crippen LogP contribution < -0.4 is 0 Å². The van der Waals surface area contributed by atoms with E-state index in [4.69, 9.17) is 14.7 Å². The van der Waals surface area contributed by atoms with Crippen LogP contribution in [0.3, 0.4) is 0 Å². The standard InChI is InChI=1S/C5H12O3PS/c1-9(4-8-9)2-3-10-5(6)7/h5-7H,2-4H2,1H3/q+1. The van der Waals surface area contributed by atoms with Crippen molar-refractivity contribution in [3.8, 4) is 0 Å². The summed E-state index contributed by atoms with van der Waals surface area (Å²) in [5.41, 5.74) is -1.22. The highest BCUT2D eigenvalue weighted by Gasteiger charge is 2.49. The molecule has 0 saturated carbocycles. The van der Waals surface area contributed by atoms with E-state index in [1.807, 2.05) is 0 Å². The molecule has 0 aromatic heterocycles. The van der Waals surface area contributed by atoms with Gasteiger partial charge in [-0.2, -0.15) is 4.52 Å². The summed E-state index contributed by atoms with van der Waals surface area (Å²) < 4.78 is 5.21. The van der Waals surface area contributed by atoms with Crippen molar-refractivity contribution in [2.75, 3.05) is 24.9 Å². The molecule has 60 valence electrons. The minimum atomic E-state index is -1.22. The smallest absolute Gasteiger partial charge is 0.223 e. The van der Waals surface area contributed by atoms with Gasteiger partial charge in [-0.3, -0.25) is 0 Å². The second kappa shape index (κ2) is 3.37. The normalized spacial score (nSPS) is 31.2. The first-order valence-corrected chi connectivity index (χ1v) is 6.66. The number of hydrogen-bond donors (Lipinski definition) is 2. The van der Waals surface area contributed by atoms with Crippen molar-refractivity contribution in [2.24, 2.45) is 0 Å². The lowest BCUT2D eigenvalue weighted by Gasteiger charge is -2.00. The van der Waals surface area contributed by atoms with E-state index in [0.29, 0.717) is 0 Å². The molecule has 1 heterocycles. The second-order valence-electron chi connectivity index (χ2n) is 2.48. The van der Waals surface area contributed by atoms with Crippen LogP contribution in [-0.4, -0.2) is 40.8 Å². The molecule has 0 spiro atoms. The SMILES string of the molecule is C[P+]1(CCSC(O)O)CO1. The largest absolute Gasteiger partial charge is 0.360 e. The molecule has 0 aliphatic carbocycles. The van der Waals surface area contributed by atoms with Gasteiger partial charge in [-0.25, -0.2) is 0 Å². The molecule has 2 N–H and O–H groups in total. The molecule has 0 amide bonds. The summed E-state index contributed by atoms with van der Waals surface area (Å²) in [6, 6.07) is 0. The Morgan fingerprint density at radius 3 is 2.70 bits per heavy atom. The Bertz CT molecular complexity index is 115. The molecular weight excluding hydrogens is 171 g/mol. The monoisotopic (exact) mass is 183 g/mol. The average Bonchev–Trinajstić information content (AvgIpc) is 2.47. The van der Waals surface area contributed by atoms with Crippen LogP contribution in [0.25, 0.3) is 0 Å². The number of rotatable bonds is 4. The van der Waals surface area contributed by atoms with Crippen LogP contribution in [0.2, 0.25) is 0 Å². The lowest BCUT2D eigenvalue weighted by molar-refractivity contribution is 0.0406. The van der Waals surface area contributed by atoms with E-state index in [-0.39, 0.29) is 0 Å². The first-order valence-electron chi connectivity index (χ1n) is 3.09. The lowest BCUT2D eigenvalue weighted by atomic mass is 11.0. The van der Waals surface area contributed by atoms with Gasteiger partial charge >= 0.3 is 0 Å². The van der Waals surface area contributed by atoms with E-state index >= 15 is 0 Å². The van der Waals surface area contributed by atoms with Crippen LogP contribution in [-0.2, 0) is 4.52 Å². The molecule has 0 aromatic rings. The summed E-state index contributed by atoms with van der Waals surface area (Å²) in [4.78, 5) is 0. The van der Waals surface area contributed by atoms with Crippen molar-refractivity contribution < 1.29 is 14.7 Å². The molecule has 1 aliphatic heterocycles. The highest BCUT2D eigenvalue weighted by Crippen LogP contribution is 2.70. The molecule has 1 rings (SSSR count). The Labute approximate surface area is 65.2 Å². The number of thioether (sulfide) groups is 1. The van der Waals surface area contributed by atoms with Gasteiger partial charge in [0.05, 0.1) is 12.8 Å². The average molecular weight is 183 g/mol. The van der Waals surface area contributed by atoms with Crippen LogP contribution in [0.4, 0.5) is 0 Å². The zero-order chi connectivity index (χ0) is 7.61. The van der Waals surface area contributed by atoms with E-state index in [2.05, 4.69) is 6.66 Å². The molecular formula is C5H12O3PS+. The second-order valence-corrected chi connectivity index (χ2v) is 7.20. The van der Waals surface area contributed by atoms with Gasteiger partial charge in [-0.15, -0.1) is 0 Å². The van der Waals surface area contributed by atoms with Crippen LogP contribution in [0.15, 0.2) is 0 Å². The molecule has 0 radical (unpaired) electrons. The zero-order valence-corrected chi connectivity index (χ0v) is 7.57. The zero-order valence-electron chi connectivity index (χ0n) is 5.86. The van der Waals surface area contributed by atoms with Gasteiger partial charge in [0.15, 0.2) is 7.49 Å². The van der Waals surface area contributed by atoms with Crippen LogP contribution in [0.5, 0.6) is 0 Å². The quantitative estimate of drug-likeness (QED) is 0.379. The number of aliphatic hydroxyl groups excluding tert-OH is 1. The van der Waals surface area contributed by atoms with E-state index in [1.165, 1.54) is 0 Å². The molecule has 10 heavy (non-hydrogen) atoms. The topological polar surface area (TPSA) is 53.0 Å². The molecule has 1 unspecified atom stereocenters. The summed E-state index contributed by atoms with van der Waals surface area (Å²) in [6.45, 7) is 2.14. The molecule has 1 atom stereocenters. The molecule has 3 nitrogen and oxygen atoms in total. The van der Waals surface area contributed by atoms with Gasteiger partial charge in [0.1, 0.15) is 0 Å². The van der Waals surface area contributed by atoms with E-state index in [0.717, 1.165) is 30.0 Å². The van der Waals surface area contributed by atoms with E-state index < -0.39 is 13.1 Å². The fraction of sp³-hybridized carbons (Fsp3) is 1.00. The van der Waals surface area contributed by atoms with Crippen molar-refractivity contribution in [3.05, 3.63) is 0 Å². The van der Waals surface area contributed by atoms with Crippen LogP contribution in [0.1, 0.15) is 0 Å². The molecule has 1 aliphatic rings. The maximum absolute atomic E-state index is 8.46. The Morgan fingerprint density at radius 1 is 1.70 bits per heavy atom. The Balaban J connectivity index is 1.95. The minimum absolute atomic E-state index is 0.794. The number of aliphatic hydroxyl groups is 2. The Morgan fingerprint density at radius 2 is 2.30 bits per heavy atom. The highest BCUT2D eigenvalue weighted by atomic mass is 32.2. The third kappa shape index (κ3) is 3.17. The van der Waals surface area contributed by atoms with E-state index in [1.54, 1.807) is 0 Å². The predicted octanol–water partition coefficient (Wildman–Crippen LogP) is 0.538. The van der Waals surface area contributed by atoms with Gasteiger partial charge < -0.3 is 10.2 Å². The molecule has 5 heteroatoms. The van der Waals surface area contributed by atoms with Crippen LogP contribution >= 0.6 is 19.3 Å². The van der Waals surface area contributed by atoms with Crippen molar-refractivity contribution in [3.63, 3.8) is 0 Å². The molecule has 0 aromatic carbocycles. The van der Waals surface area contributed by atoms with Crippen LogP contribution in [0, 0.1) is 0 Å². The summed E-state index contributed by atoms with van der Waals surface area (Å²) in [5.74, 6) is 0.794. The fourth-order valence-electron chi connectivity index (χ4n) is 0.579. The van der Waals surface area contributed by atoms with E-state index in [9.17, 15) is 0 Å². The van der Waals surface area contributed by atoms with Gasteiger partial charge in [-0.1, -0.05) is 11.8 Å². The highest BCUT2D eigenvalue weighted by molar-refractivity contribution is 8.00. The van der Waals surface area contributed by atoms with Gasteiger partial charge in [0.2, 0.25) is 12.0 Å².